The van der Waals surface area contributed by atoms with Gasteiger partial charge >= 0.3 is 12.1 Å². The Morgan fingerprint density at radius 1 is 1.24 bits per heavy atom. The summed E-state index contributed by atoms with van der Waals surface area (Å²) in [7, 11) is 1.13. The summed E-state index contributed by atoms with van der Waals surface area (Å²) >= 11 is 0. The maximum absolute atomic E-state index is 12.6. The van der Waals surface area contributed by atoms with Crippen LogP contribution in [0.2, 0.25) is 0 Å². The quantitative estimate of drug-likeness (QED) is 0.508. The Morgan fingerprint density at radius 3 is 2.24 bits per heavy atom. The first-order valence-corrected chi connectivity index (χ1v) is 5.99. The first-order valence-electron chi connectivity index (χ1n) is 5.99. The van der Waals surface area contributed by atoms with E-state index in [2.05, 4.69) is 4.74 Å². The molecule has 0 fully saturated rings. The number of carbonyl (C=O) groups is 1. The molecule has 0 saturated heterocycles. The van der Waals surface area contributed by atoms with E-state index in [4.69, 9.17) is 0 Å². The summed E-state index contributed by atoms with van der Waals surface area (Å²) < 4.78 is 42.1. The lowest BCUT2D eigenvalue weighted by Crippen LogP contribution is -2.33. The Morgan fingerprint density at radius 2 is 1.82 bits per heavy atom. The highest BCUT2D eigenvalue weighted by Gasteiger charge is 2.44. The molecule has 0 amide bonds. The van der Waals surface area contributed by atoms with Gasteiger partial charge in [0.15, 0.2) is 0 Å². The van der Waals surface area contributed by atoms with Crippen molar-refractivity contribution >= 4 is 5.97 Å². The molecule has 0 N–H and O–H groups in total. The molecule has 0 spiro atoms. The van der Waals surface area contributed by atoms with Gasteiger partial charge in [-0.2, -0.15) is 13.2 Å². The van der Waals surface area contributed by atoms with E-state index in [0.717, 1.165) is 33.3 Å². The van der Waals surface area contributed by atoms with Gasteiger partial charge in [0.25, 0.3) is 0 Å². The third-order valence-corrected chi connectivity index (χ3v) is 2.99. The largest absolute Gasteiger partial charge is 0.469 e. The molecule has 0 aromatic carbocycles. The number of esters is 1. The van der Waals surface area contributed by atoms with E-state index >= 15 is 0 Å². The van der Waals surface area contributed by atoms with Crippen LogP contribution in [0.4, 0.5) is 13.2 Å². The molecule has 0 radical (unpaired) electrons. The van der Waals surface area contributed by atoms with Crippen LogP contribution in [0.3, 0.4) is 0 Å². The zero-order chi connectivity index (χ0) is 13.5. The second kappa shape index (κ2) is 7.56. The Bertz CT molecular complexity index is 226. The summed E-state index contributed by atoms with van der Waals surface area (Å²) in [5.74, 6) is -3.47. The topological polar surface area (TPSA) is 26.3 Å². The van der Waals surface area contributed by atoms with Gasteiger partial charge in [-0.05, 0) is 6.42 Å². The second-order valence-corrected chi connectivity index (χ2v) is 4.31. The van der Waals surface area contributed by atoms with Gasteiger partial charge in [-0.15, -0.1) is 0 Å². The fourth-order valence-electron chi connectivity index (χ4n) is 1.74. The van der Waals surface area contributed by atoms with E-state index in [-0.39, 0.29) is 6.42 Å². The Hall–Kier alpha value is -0.740. The first-order chi connectivity index (χ1) is 7.84. The van der Waals surface area contributed by atoms with E-state index in [0.29, 0.717) is 6.42 Å². The molecule has 17 heavy (non-hydrogen) atoms. The number of rotatable bonds is 7. The Kier molecular flexibility index (Phi) is 7.23. The molecular weight excluding hydrogens is 233 g/mol. The van der Waals surface area contributed by atoms with Crippen molar-refractivity contribution in [2.24, 2.45) is 11.8 Å². The molecule has 0 rings (SSSR count). The molecule has 2 unspecified atom stereocenters. The molecule has 0 bridgehead atoms. The minimum absolute atomic E-state index is 0.243. The predicted octanol–water partition coefficient (Wildman–Crippen LogP) is 3.94. The summed E-state index contributed by atoms with van der Waals surface area (Å²) in [6.07, 6.45) is -0.619. The van der Waals surface area contributed by atoms with Gasteiger partial charge in [0.05, 0.1) is 18.9 Å². The van der Waals surface area contributed by atoms with Crippen molar-refractivity contribution in [3.8, 4) is 0 Å². The molecule has 0 aromatic rings. The zero-order valence-corrected chi connectivity index (χ0v) is 10.6. The van der Waals surface area contributed by atoms with Gasteiger partial charge in [0, 0.05) is 0 Å². The van der Waals surface area contributed by atoms with Gasteiger partial charge in [-0.3, -0.25) is 4.79 Å². The minimum Gasteiger partial charge on any atom is -0.469 e. The summed E-state index contributed by atoms with van der Waals surface area (Å²) in [5, 5.41) is 0. The number of hydrogen-bond donors (Lipinski definition) is 0. The van der Waals surface area contributed by atoms with Gasteiger partial charge in [0.2, 0.25) is 0 Å². The monoisotopic (exact) mass is 254 g/mol. The molecule has 0 aromatic heterocycles. The molecule has 0 aliphatic rings. The number of carbonyl (C=O) groups excluding carboxylic acids is 1. The average molecular weight is 254 g/mol. The third kappa shape index (κ3) is 5.94. The highest BCUT2D eigenvalue weighted by atomic mass is 19.4. The Balaban J connectivity index is 4.39. The van der Waals surface area contributed by atoms with Crippen molar-refractivity contribution in [3.05, 3.63) is 0 Å². The highest BCUT2D eigenvalue weighted by Crippen LogP contribution is 2.34. The lowest BCUT2D eigenvalue weighted by molar-refractivity contribution is -0.193. The summed E-state index contributed by atoms with van der Waals surface area (Å²) in [6, 6.07) is 0. The van der Waals surface area contributed by atoms with E-state index in [1.807, 2.05) is 6.92 Å². The summed E-state index contributed by atoms with van der Waals surface area (Å²) in [4.78, 5) is 11.3. The van der Waals surface area contributed by atoms with E-state index in [9.17, 15) is 18.0 Å². The summed E-state index contributed by atoms with van der Waals surface area (Å²) in [5.41, 5.74) is 0. The summed E-state index contributed by atoms with van der Waals surface area (Å²) in [6.45, 7) is 3.07. The number of unbranched alkanes of at least 4 members (excludes halogenated alkanes) is 3. The van der Waals surface area contributed by atoms with E-state index in [1.165, 1.54) is 0 Å². The standard InChI is InChI=1S/C12H21F3O2/c1-4-5-6-7-8-10(11(16)17-3)9(2)12(13,14)15/h9-10H,4-8H2,1-3H3. The highest BCUT2D eigenvalue weighted by molar-refractivity contribution is 5.72. The fraction of sp³-hybridized carbons (Fsp3) is 0.917. The van der Waals surface area contributed by atoms with Crippen LogP contribution >= 0.6 is 0 Å². The zero-order valence-electron chi connectivity index (χ0n) is 10.6. The molecule has 0 heterocycles. The number of halogens is 3. The Labute approximate surface area is 101 Å². The van der Waals surface area contributed by atoms with Crippen LogP contribution in [0.5, 0.6) is 0 Å². The van der Waals surface area contributed by atoms with Gasteiger partial charge in [0.1, 0.15) is 0 Å². The number of methoxy groups -OCH3 is 1. The normalized spacial score (nSPS) is 15.4. The average Bonchev–Trinajstić information content (AvgIpc) is 2.26. The van der Waals surface area contributed by atoms with Crippen LogP contribution in [0, 0.1) is 11.8 Å². The lowest BCUT2D eigenvalue weighted by Gasteiger charge is -2.23. The molecule has 102 valence electrons. The lowest BCUT2D eigenvalue weighted by atomic mass is 9.88. The molecule has 0 saturated carbocycles. The van der Waals surface area contributed by atoms with Crippen molar-refractivity contribution < 1.29 is 22.7 Å². The van der Waals surface area contributed by atoms with E-state index in [1.54, 1.807) is 0 Å². The molecule has 5 heteroatoms. The number of ether oxygens (including phenoxy) is 1. The molecular formula is C12H21F3O2. The van der Waals surface area contributed by atoms with Crippen LogP contribution in [-0.4, -0.2) is 19.3 Å². The van der Waals surface area contributed by atoms with Crippen LogP contribution in [-0.2, 0) is 9.53 Å². The van der Waals surface area contributed by atoms with Crippen LogP contribution in [0.25, 0.3) is 0 Å². The third-order valence-electron chi connectivity index (χ3n) is 2.99. The predicted molar refractivity (Wildman–Crippen MR) is 59.5 cm³/mol. The maximum atomic E-state index is 12.6. The second-order valence-electron chi connectivity index (χ2n) is 4.31. The molecule has 2 nitrogen and oxygen atoms in total. The van der Waals surface area contributed by atoms with Crippen LogP contribution < -0.4 is 0 Å². The smallest absolute Gasteiger partial charge is 0.392 e. The molecule has 0 aliphatic heterocycles. The number of alkyl halides is 3. The van der Waals surface area contributed by atoms with Crippen molar-refractivity contribution in [1.82, 2.24) is 0 Å². The van der Waals surface area contributed by atoms with Crippen molar-refractivity contribution in [2.75, 3.05) is 7.11 Å². The van der Waals surface area contributed by atoms with E-state index < -0.39 is 24.0 Å². The van der Waals surface area contributed by atoms with Crippen molar-refractivity contribution in [3.63, 3.8) is 0 Å². The minimum atomic E-state index is -4.34. The van der Waals surface area contributed by atoms with Gasteiger partial charge in [-0.25, -0.2) is 0 Å². The first kappa shape index (κ1) is 16.3. The van der Waals surface area contributed by atoms with Gasteiger partial charge < -0.3 is 4.74 Å². The van der Waals surface area contributed by atoms with Crippen molar-refractivity contribution in [1.29, 1.82) is 0 Å². The maximum Gasteiger partial charge on any atom is 0.392 e. The molecule has 2 atom stereocenters. The fourth-order valence-corrected chi connectivity index (χ4v) is 1.74. The van der Waals surface area contributed by atoms with Crippen LogP contribution in [0.15, 0.2) is 0 Å². The van der Waals surface area contributed by atoms with Crippen molar-refractivity contribution in [2.45, 2.75) is 52.1 Å². The van der Waals surface area contributed by atoms with Gasteiger partial charge in [-0.1, -0.05) is 39.5 Å². The molecule has 0 aliphatic carbocycles. The number of hydrogen-bond acceptors (Lipinski definition) is 2. The van der Waals surface area contributed by atoms with Crippen LogP contribution in [0.1, 0.15) is 46.0 Å². The SMILES string of the molecule is CCCCCCC(C(=O)OC)C(C)C(F)(F)F.